The molecule has 0 saturated heterocycles. The first-order chi connectivity index (χ1) is 12.5. The predicted molar refractivity (Wildman–Crippen MR) is 107 cm³/mol. The molecule has 0 saturated carbocycles. The molecule has 3 rings (SSSR count). The highest BCUT2D eigenvalue weighted by Gasteiger charge is 2.13. The summed E-state index contributed by atoms with van der Waals surface area (Å²) in [5.74, 6) is 0.280. The van der Waals surface area contributed by atoms with E-state index in [1.165, 1.54) is 18.1 Å². The van der Waals surface area contributed by atoms with Gasteiger partial charge in [0.15, 0.2) is 5.15 Å². The second-order valence-electron chi connectivity index (χ2n) is 5.56. The second kappa shape index (κ2) is 8.08. The highest BCUT2D eigenvalue weighted by Crippen LogP contribution is 2.30. The van der Waals surface area contributed by atoms with Crippen LogP contribution >= 0.6 is 34.5 Å². The van der Waals surface area contributed by atoms with E-state index in [0.29, 0.717) is 22.4 Å². The van der Waals surface area contributed by atoms with Crippen molar-refractivity contribution in [3.63, 3.8) is 0 Å². The van der Waals surface area contributed by atoms with Crippen molar-refractivity contribution in [2.24, 2.45) is 0 Å². The van der Waals surface area contributed by atoms with Crippen LogP contribution in [0, 0.1) is 6.92 Å². The number of nitrogens with zero attached hydrogens (tertiary/aromatic N) is 2. The van der Waals surface area contributed by atoms with Gasteiger partial charge in [0.1, 0.15) is 5.82 Å². The fraction of sp³-hybridized carbons (Fsp3) is 0.158. The van der Waals surface area contributed by atoms with Gasteiger partial charge >= 0.3 is 5.97 Å². The van der Waals surface area contributed by atoms with E-state index in [9.17, 15) is 4.79 Å². The number of hydrogen-bond donors (Lipinski definition) is 0. The first-order valence-corrected chi connectivity index (χ1v) is 9.44. The standard InChI is InChI=1S/C19H16Cl2N2O2S/c1-12-22-19(21)16(7-8-18(24)25-2)23(12)11-14-6-5-13(10-15(14)20)17-4-3-9-26-17/h3-10H,11H2,1-2H3/b8-7+. The second-order valence-corrected chi connectivity index (χ2v) is 7.27. The Balaban J connectivity index is 1.92. The molecule has 1 aromatic carbocycles. The van der Waals surface area contributed by atoms with E-state index in [1.54, 1.807) is 17.4 Å². The summed E-state index contributed by atoms with van der Waals surface area (Å²) in [6.07, 6.45) is 2.92. The van der Waals surface area contributed by atoms with Gasteiger partial charge in [-0.25, -0.2) is 9.78 Å². The first kappa shape index (κ1) is 18.7. The summed E-state index contributed by atoms with van der Waals surface area (Å²) in [6, 6.07) is 10.1. The smallest absolute Gasteiger partial charge is 0.330 e. The van der Waals surface area contributed by atoms with Crippen molar-refractivity contribution in [1.82, 2.24) is 9.55 Å². The van der Waals surface area contributed by atoms with Gasteiger partial charge in [0.2, 0.25) is 0 Å². The van der Waals surface area contributed by atoms with Gasteiger partial charge in [-0.3, -0.25) is 0 Å². The number of carbonyl (C=O) groups is 1. The van der Waals surface area contributed by atoms with E-state index in [4.69, 9.17) is 23.2 Å². The molecule has 0 aliphatic carbocycles. The number of thiophene rings is 1. The van der Waals surface area contributed by atoms with Gasteiger partial charge in [-0.05, 0) is 41.6 Å². The molecular weight excluding hydrogens is 391 g/mol. The van der Waals surface area contributed by atoms with Crippen LogP contribution in [0.25, 0.3) is 16.5 Å². The fourth-order valence-corrected chi connectivity index (χ4v) is 3.81. The van der Waals surface area contributed by atoms with Crippen LogP contribution < -0.4 is 0 Å². The molecule has 26 heavy (non-hydrogen) atoms. The number of methoxy groups -OCH3 is 1. The third kappa shape index (κ3) is 4.01. The van der Waals surface area contributed by atoms with Crippen molar-refractivity contribution in [2.75, 3.05) is 7.11 Å². The molecule has 4 nitrogen and oxygen atoms in total. The van der Waals surface area contributed by atoms with E-state index in [0.717, 1.165) is 17.0 Å². The molecule has 0 bridgehead atoms. The van der Waals surface area contributed by atoms with Gasteiger partial charge in [0, 0.05) is 16.0 Å². The molecule has 0 aliphatic heterocycles. The molecule has 0 unspecified atom stereocenters. The van der Waals surface area contributed by atoms with Crippen LogP contribution in [0.4, 0.5) is 0 Å². The maximum absolute atomic E-state index is 11.4. The summed E-state index contributed by atoms with van der Waals surface area (Å²) >= 11 is 14.4. The quantitative estimate of drug-likeness (QED) is 0.417. The minimum absolute atomic E-state index is 0.328. The number of halogens is 2. The Morgan fingerprint density at radius 2 is 2.15 bits per heavy atom. The van der Waals surface area contributed by atoms with Crippen molar-refractivity contribution in [3.05, 3.63) is 69.0 Å². The lowest BCUT2D eigenvalue weighted by molar-refractivity contribution is -0.134. The van der Waals surface area contributed by atoms with Gasteiger partial charge < -0.3 is 9.30 Å². The Morgan fingerprint density at radius 1 is 1.35 bits per heavy atom. The van der Waals surface area contributed by atoms with Gasteiger partial charge in [0.25, 0.3) is 0 Å². The summed E-state index contributed by atoms with van der Waals surface area (Å²) in [5, 5.41) is 3.03. The van der Waals surface area contributed by atoms with E-state index in [1.807, 2.05) is 41.1 Å². The van der Waals surface area contributed by atoms with E-state index in [-0.39, 0.29) is 0 Å². The van der Waals surface area contributed by atoms with Gasteiger partial charge in [-0.1, -0.05) is 41.4 Å². The molecule has 2 heterocycles. The maximum Gasteiger partial charge on any atom is 0.330 e. The zero-order chi connectivity index (χ0) is 18.7. The lowest BCUT2D eigenvalue weighted by atomic mass is 10.1. The highest BCUT2D eigenvalue weighted by molar-refractivity contribution is 7.13. The van der Waals surface area contributed by atoms with Gasteiger partial charge in [0.05, 0.1) is 19.3 Å². The van der Waals surface area contributed by atoms with Crippen LogP contribution in [0.2, 0.25) is 10.2 Å². The molecule has 3 aromatic rings. The van der Waals surface area contributed by atoms with Crippen LogP contribution in [-0.4, -0.2) is 22.6 Å². The number of imidazole rings is 1. The summed E-state index contributed by atoms with van der Waals surface area (Å²) in [7, 11) is 1.33. The number of aryl methyl sites for hydroxylation is 1. The van der Waals surface area contributed by atoms with E-state index in [2.05, 4.69) is 15.8 Å². The lowest BCUT2D eigenvalue weighted by Crippen LogP contribution is -2.05. The maximum atomic E-state index is 11.4. The van der Waals surface area contributed by atoms with Crippen LogP contribution in [0.1, 0.15) is 17.1 Å². The summed E-state index contributed by atoms with van der Waals surface area (Å²) < 4.78 is 6.54. The topological polar surface area (TPSA) is 44.1 Å². The molecule has 0 fully saturated rings. The number of aromatic nitrogens is 2. The van der Waals surface area contributed by atoms with Crippen molar-refractivity contribution >= 4 is 46.6 Å². The third-order valence-electron chi connectivity index (χ3n) is 3.92. The van der Waals surface area contributed by atoms with Gasteiger partial charge in [-0.2, -0.15) is 0 Å². The van der Waals surface area contributed by atoms with Crippen molar-refractivity contribution in [3.8, 4) is 10.4 Å². The Labute approximate surface area is 165 Å². The molecule has 134 valence electrons. The first-order valence-electron chi connectivity index (χ1n) is 7.80. The average Bonchev–Trinajstić information content (AvgIpc) is 3.24. The Bertz CT molecular complexity index is 962. The fourth-order valence-electron chi connectivity index (χ4n) is 2.56. The molecular formula is C19H16Cl2N2O2S. The van der Waals surface area contributed by atoms with Crippen LogP contribution in [0.3, 0.4) is 0 Å². The zero-order valence-electron chi connectivity index (χ0n) is 14.2. The minimum atomic E-state index is -0.454. The molecule has 0 radical (unpaired) electrons. The monoisotopic (exact) mass is 406 g/mol. The Hall–Kier alpha value is -2.08. The third-order valence-corrected chi connectivity index (χ3v) is 5.47. The molecule has 7 heteroatoms. The summed E-state index contributed by atoms with van der Waals surface area (Å²) in [6.45, 7) is 2.35. The number of carbonyl (C=O) groups excluding carboxylic acids is 1. The molecule has 0 spiro atoms. The summed E-state index contributed by atoms with van der Waals surface area (Å²) in [5.41, 5.74) is 2.66. The predicted octanol–water partition coefficient (Wildman–Crippen LogP) is 5.46. The normalized spacial score (nSPS) is 11.2. The molecule has 0 N–H and O–H groups in total. The van der Waals surface area contributed by atoms with Gasteiger partial charge in [-0.15, -0.1) is 11.3 Å². The van der Waals surface area contributed by atoms with Crippen LogP contribution in [0.15, 0.2) is 41.8 Å². The lowest BCUT2D eigenvalue weighted by Gasteiger charge is -2.11. The van der Waals surface area contributed by atoms with Crippen molar-refractivity contribution in [2.45, 2.75) is 13.5 Å². The molecule has 0 amide bonds. The highest BCUT2D eigenvalue weighted by atomic mass is 35.5. The van der Waals surface area contributed by atoms with Crippen LogP contribution in [-0.2, 0) is 16.1 Å². The van der Waals surface area contributed by atoms with Crippen molar-refractivity contribution < 1.29 is 9.53 Å². The summed E-state index contributed by atoms with van der Waals surface area (Å²) in [4.78, 5) is 16.8. The van der Waals surface area contributed by atoms with Crippen LogP contribution in [0.5, 0.6) is 0 Å². The molecule has 2 aromatic heterocycles. The number of hydrogen-bond acceptors (Lipinski definition) is 4. The average molecular weight is 407 g/mol. The largest absolute Gasteiger partial charge is 0.466 e. The number of ether oxygens (including phenoxy) is 1. The molecule has 0 aliphatic rings. The Morgan fingerprint density at radius 3 is 2.81 bits per heavy atom. The SMILES string of the molecule is COC(=O)/C=C/c1c(Cl)nc(C)n1Cc1ccc(-c2cccs2)cc1Cl. The number of rotatable bonds is 5. The number of esters is 1. The number of benzene rings is 1. The molecule has 0 atom stereocenters. The van der Waals surface area contributed by atoms with Crippen molar-refractivity contribution in [1.29, 1.82) is 0 Å². The Kier molecular flexibility index (Phi) is 5.81. The van der Waals surface area contributed by atoms with E-state index >= 15 is 0 Å². The van der Waals surface area contributed by atoms with E-state index < -0.39 is 5.97 Å². The zero-order valence-corrected chi connectivity index (χ0v) is 16.5. The minimum Gasteiger partial charge on any atom is -0.466 e.